The van der Waals surface area contributed by atoms with Crippen LogP contribution in [0.2, 0.25) is 0 Å². The average Bonchev–Trinajstić information content (AvgIpc) is 1.09. The maximum Gasteiger partial charge on any atom is 0.252 e. The number of hydrogen-bond donors (Lipinski definition) is 0. The van der Waals surface area contributed by atoms with E-state index in [1.165, 1.54) is 169 Å². The van der Waals surface area contributed by atoms with Crippen molar-refractivity contribution in [1.29, 1.82) is 0 Å². The topological polar surface area (TPSA) is 6.48 Å². The summed E-state index contributed by atoms with van der Waals surface area (Å²) in [7, 11) is 0. The lowest BCUT2D eigenvalue weighted by molar-refractivity contribution is 0.568. The standard InChI is InChI=1S/C92H79BN2S/c1-89(2,3)62-45-60(46-63(53-62)90(4,5)6)68-31-21-24-38-80(68)94-82-51-58(75-49-56-27-13-15-29-66(56)70-33-17-19-35-72(70)75)41-43-78(82)93-79-44-42-59(76-50-57-28-14-16-30-67(57)71-34-18-20-36-73(71)76)52-83(79)95(87-86(93)84(94)55-77-74-37-23-26-40-85(74)96-88(77)87)81-39-25-22-32-69(81)61-47-64(91(7,8)9)54-65(48-61)92(10,11)12/h13-55H,1-12H3. The Morgan fingerprint density at radius 1 is 0.271 bits per heavy atom. The molecule has 3 heterocycles. The molecule has 2 aliphatic heterocycles. The SMILES string of the molecule is CC(C)(C)c1cc(-c2ccccc2N2c3cc(-c4cc5ccccc5c5ccccc45)ccc3B3c4ccc(-c5cc6ccccc6c6ccccc56)cc4N(c4ccccc4-c4cc(C(C)(C)C)cc(C(C)(C)C)c4)c4c3c2cc2c4sc3ccccc32)cc(C(C)(C)C)c1. The van der Waals surface area contributed by atoms with Gasteiger partial charge < -0.3 is 9.80 Å². The van der Waals surface area contributed by atoms with E-state index in [0.29, 0.717) is 0 Å². The summed E-state index contributed by atoms with van der Waals surface area (Å²) < 4.78 is 2.55. The molecule has 96 heavy (non-hydrogen) atoms. The zero-order valence-corrected chi connectivity index (χ0v) is 58.0. The van der Waals surface area contributed by atoms with Gasteiger partial charge in [-0.2, -0.15) is 0 Å². The molecule has 0 unspecified atom stereocenters. The number of benzene rings is 14. The molecule has 0 fully saturated rings. The third kappa shape index (κ3) is 9.64. The van der Waals surface area contributed by atoms with E-state index >= 15 is 0 Å². The molecule has 0 amide bonds. The molecule has 15 aromatic rings. The Kier molecular flexibility index (Phi) is 13.5. The van der Waals surface area contributed by atoms with Crippen molar-refractivity contribution in [3.8, 4) is 44.5 Å². The Morgan fingerprint density at radius 2 is 0.656 bits per heavy atom. The van der Waals surface area contributed by atoms with Crippen molar-refractivity contribution in [1.82, 2.24) is 0 Å². The van der Waals surface area contributed by atoms with Crippen LogP contribution in [0.5, 0.6) is 0 Å². The van der Waals surface area contributed by atoms with Crippen molar-refractivity contribution in [3.63, 3.8) is 0 Å². The highest BCUT2D eigenvalue weighted by molar-refractivity contribution is 7.26. The molecule has 0 atom stereocenters. The predicted molar refractivity (Wildman–Crippen MR) is 420 cm³/mol. The van der Waals surface area contributed by atoms with Crippen LogP contribution in [0.1, 0.15) is 105 Å². The fourth-order valence-electron chi connectivity index (χ4n) is 15.8. The summed E-state index contributed by atoms with van der Waals surface area (Å²) >= 11 is 1.94. The lowest BCUT2D eigenvalue weighted by Gasteiger charge is -2.45. The Bertz CT molecular complexity index is 5660. The summed E-state index contributed by atoms with van der Waals surface area (Å²) in [5.74, 6) is 0. The number of rotatable bonds is 6. The van der Waals surface area contributed by atoms with Gasteiger partial charge in [-0.25, -0.2) is 0 Å². The Balaban J connectivity index is 1.03. The van der Waals surface area contributed by atoms with E-state index in [1.807, 2.05) is 11.3 Å². The number of para-hydroxylation sites is 2. The summed E-state index contributed by atoms with van der Waals surface area (Å²) in [5, 5.41) is 12.5. The van der Waals surface area contributed by atoms with E-state index in [-0.39, 0.29) is 28.4 Å². The molecule has 0 N–H and O–H groups in total. The van der Waals surface area contributed by atoms with E-state index in [9.17, 15) is 0 Å². The van der Waals surface area contributed by atoms with Gasteiger partial charge in [0.15, 0.2) is 0 Å². The van der Waals surface area contributed by atoms with Crippen molar-refractivity contribution in [3.05, 3.63) is 283 Å². The Morgan fingerprint density at radius 3 is 1.12 bits per heavy atom. The Hall–Kier alpha value is -10.00. The number of fused-ring (bicyclic) bond motifs is 14. The van der Waals surface area contributed by atoms with Crippen molar-refractivity contribution in [2.45, 2.75) is 105 Å². The first kappa shape index (κ1) is 59.7. The lowest BCUT2D eigenvalue weighted by Crippen LogP contribution is -2.61. The highest BCUT2D eigenvalue weighted by Gasteiger charge is 2.46. The molecule has 17 rings (SSSR count). The first-order valence-corrected chi connectivity index (χ1v) is 35.1. The summed E-state index contributed by atoms with van der Waals surface area (Å²) in [5.41, 5.74) is 25.6. The van der Waals surface area contributed by atoms with Crippen molar-refractivity contribution in [2.24, 2.45) is 0 Å². The van der Waals surface area contributed by atoms with E-state index in [1.54, 1.807) is 0 Å². The zero-order chi connectivity index (χ0) is 65.9. The van der Waals surface area contributed by atoms with E-state index in [2.05, 4.69) is 354 Å². The van der Waals surface area contributed by atoms with Gasteiger partial charge in [-0.3, -0.25) is 0 Å². The molecule has 466 valence electrons. The van der Waals surface area contributed by atoms with Gasteiger partial charge in [0.2, 0.25) is 0 Å². The second-order valence-corrected chi connectivity index (χ2v) is 32.4. The van der Waals surface area contributed by atoms with Crippen LogP contribution < -0.4 is 26.2 Å². The smallest absolute Gasteiger partial charge is 0.252 e. The van der Waals surface area contributed by atoms with Gasteiger partial charge in [0, 0.05) is 43.7 Å². The fourth-order valence-corrected chi connectivity index (χ4v) is 17.0. The van der Waals surface area contributed by atoms with Crippen molar-refractivity contribution in [2.75, 3.05) is 9.80 Å². The van der Waals surface area contributed by atoms with Crippen LogP contribution in [0, 0.1) is 0 Å². The molecule has 14 aromatic carbocycles. The van der Waals surface area contributed by atoms with Crippen LogP contribution in [0.4, 0.5) is 34.1 Å². The second-order valence-electron chi connectivity index (χ2n) is 31.3. The molecule has 0 saturated heterocycles. The fraction of sp³-hybridized carbons (Fsp3) is 0.174. The molecule has 0 aliphatic carbocycles. The minimum Gasteiger partial charge on any atom is -0.311 e. The first-order chi connectivity index (χ1) is 46.1. The van der Waals surface area contributed by atoms with Gasteiger partial charge in [0.05, 0.1) is 21.8 Å². The number of thiophene rings is 1. The quantitative estimate of drug-likeness (QED) is 0.121. The highest BCUT2D eigenvalue weighted by Crippen LogP contribution is 2.55. The van der Waals surface area contributed by atoms with Crippen LogP contribution in [0.15, 0.2) is 261 Å². The highest BCUT2D eigenvalue weighted by atomic mass is 32.1. The van der Waals surface area contributed by atoms with Gasteiger partial charge in [0.25, 0.3) is 6.71 Å². The van der Waals surface area contributed by atoms with E-state index < -0.39 is 0 Å². The lowest BCUT2D eigenvalue weighted by atomic mass is 9.33. The maximum absolute atomic E-state index is 2.73. The molecule has 4 heteroatoms. The van der Waals surface area contributed by atoms with Crippen LogP contribution in [0.25, 0.3) is 108 Å². The van der Waals surface area contributed by atoms with Crippen LogP contribution in [0.3, 0.4) is 0 Å². The van der Waals surface area contributed by atoms with Gasteiger partial charge in [-0.05, 0) is 185 Å². The second kappa shape index (κ2) is 21.8. The summed E-state index contributed by atoms with van der Waals surface area (Å²) in [6, 6.07) is 101. The number of hydrogen-bond acceptors (Lipinski definition) is 3. The molecule has 0 bridgehead atoms. The molecule has 1 aromatic heterocycles. The third-order valence-corrected chi connectivity index (χ3v) is 22.2. The molecule has 0 radical (unpaired) electrons. The minimum atomic E-state index is -0.167. The molecule has 2 nitrogen and oxygen atoms in total. The number of nitrogens with zero attached hydrogens (tertiary/aromatic N) is 2. The van der Waals surface area contributed by atoms with Crippen LogP contribution in [-0.2, 0) is 21.7 Å². The summed E-state index contributed by atoms with van der Waals surface area (Å²) in [6.45, 7) is 28.1. The Labute approximate surface area is 570 Å². The molecule has 0 saturated carbocycles. The monoisotopic (exact) mass is 1250 g/mol. The van der Waals surface area contributed by atoms with Crippen LogP contribution >= 0.6 is 11.3 Å². The molecular formula is C92H79BN2S. The van der Waals surface area contributed by atoms with E-state index in [0.717, 1.165) is 11.4 Å². The zero-order valence-electron chi connectivity index (χ0n) is 57.2. The largest absolute Gasteiger partial charge is 0.311 e. The number of anilines is 6. The summed E-state index contributed by atoms with van der Waals surface area (Å²) in [6.07, 6.45) is 0. The van der Waals surface area contributed by atoms with Gasteiger partial charge in [-0.15, -0.1) is 11.3 Å². The minimum absolute atomic E-state index is 0.0890. The van der Waals surface area contributed by atoms with Crippen molar-refractivity contribution < 1.29 is 0 Å². The third-order valence-electron chi connectivity index (χ3n) is 21.0. The van der Waals surface area contributed by atoms with Crippen LogP contribution in [-0.4, -0.2) is 6.71 Å². The summed E-state index contributed by atoms with van der Waals surface area (Å²) in [4.78, 5) is 5.43. The normalized spacial score (nSPS) is 13.4. The molecule has 2 aliphatic rings. The van der Waals surface area contributed by atoms with Gasteiger partial charge in [0.1, 0.15) is 0 Å². The molecular weight excluding hydrogens is 1180 g/mol. The first-order valence-electron chi connectivity index (χ1n) is 34.3. The predicted octanol–water partition coefficient (Wildman–Crippen LogP) is 24.6. The van der Waals surface area contributed by atoms with E-state index in [4.69, 9.17) is 0 Å². The van der Waals surface area contributed by atoms with Crippen molar-refractivity contribution >= 4 is 132 Å². The van der Waals surface area contributed by atoms with Gasteiger partial charge >= 0.3 is 0 Å². The maximum atomic E-state index is 2.73. The van der Waals surface area contributed by atoms with Gasteiger partial charge in [-0.1, -0.05) is 295 Å². The average molecular weight is 1260 g/mol. The molecule has 0 spiro atoms.